The van der Waals surface area contributed by atoms with Crippen molar-refractivity contribution in [3.05, 3.63) is 29.8 Å². The van der Waals surface area contributed by atoms with Crippen molar-refractivity contribution >= 4 is 11.5 Å². The number of Topliss-reactive ketones (excluding diaryl/α,β-unsaturated/α-hetero) is 1. The summed E-state index contributed by atoms with van der Waals surface area (Å²) in [6, 6.07) is 7.15. The Morgan fingerprint density at radius 1 is 1.35 bits per heavy atom. The van der Waals surface area contributed by atoms with Crippen molar-refractivity contribution in [2.75, 3.05) is 12.3 Å². The number of nitrogens with two attached hydrogens (primary N) is 1. The summed E-state index contributed by atoms with van der Waals surface area (Å²) < 4.78 is 5.48. The maximum atomic E-state index is 11.9. The number of rotatable bonds is 5. The van der Waals surface area contributed by atoms with Gasteiger partial charge in [0.15, 0.2) is 5.78 Å². The predicted octanol–water partition coefficient (Wildman–Crippen LogP) is 2.66. The van der Waals surface area contributed by atoms with Gasteiger partial charge >= 0.3 is 0 Å². The topological polar surface area (TPSA) is 52.3 Å². The molecule has 1 fully saturated rings. The van der Waals surface area contributed by atoms with E-state index >= 15 is 0 Å². The highest BCUT2D eigenvalue weighted by atomic mass is 16.5. The Morgan fingerprint density at radius 2 is 2.00 bits per heavy atom. The standard InChI is InChI=1S/C14H19NO2/c1-2-17-13-7-10(8-13)9-14(16)11-3-5-12(15)6-4-11/h3-6,10,13H,2,7-9,15H2,1H3. The van der Waals surface area contributed by atoms with Gasteiger partial charge in [0.2, 0.25) is 0 Å². The van der Waals surface area contributed by atoms with Gasteiger partial charge in [-0.2, -0.15) is 0 Å². The van der Waals surface area contributed by atoms with Crippen LogP contribution in [0.2, 0.25) is 0 Å². The molecule has 0 heterocycles. The molecule has 1 aromatic carbocycles. The summed E-state index contributed by atoms with van der Waals surface area (Å²) in [5.41, 5.74) is 7.05. The SMILES string of the molecule is CCOC1CC(CC(=O)c2ccc(N)cc2)C1. The van der Waals surface area contributed by atoms with Crippen molar-refractivity contribution in [2.45, 2.75) is 32.3 Å². The Hall–Kier alpha value is -1.35. The van der Waals surface area contributed by atoms with E-state index in [1.165, 1.54) is 0 Å². The lowest BCUT2D eigenvalue weighted by atomic mass is 9.78. The van der Waals surface area contributed by atoms with Crippen molar-refractivity contribution in [3.63, 3.8) is 0 Å². The van der Waals surface area contributed by atoms with E-state index in [-0.39, 0.29) is 5.78 Å². The number of ketones is 1. The third kappa shape index (κ3) is 3.07. The van der Waals surface area contributed by atoms with Gasteiger partial charge in [0, 0.05) is 24.3 Å². The second kappa shape index (κ2) is 5.32. The fraction of sp³-hybridized carbons (Fsp3) is 0.500. The molecule has 0 saturated heterocycles. The van der Waals surface area contributed by atoms with Crippen molar-refractivity contribution < 1.29 is 9.53 Å². The van der Waals surface area contributed by atoms with Crippen LogP contribution in [0, 0.1) is 5.92 Å². The smallest absolute Gasteiger partial charge is 0.163 e. The molecule has 0 aromatic heterocycles. The van der Waals surface area contributed by atoms with Crippen LogP contribution in [0.4, 0.5) is 5.69 Å². The zero-order valence-electron chi connectivity index (χ0n) is 10.2. The third-order valence-electron chi connectivity index (χ3n) is 3.30. The van der Waals surface area contributed by atoms with Gasteiger partial charge in [-0.15, -0.1) is 0 Å². The Bertz CT molecular complexity index is 380. The van der Waals surface area contributed by atoms with Crippen LogP contribution in [0.3, 0.4) is 0 Å². The number of carbonyl (C=O) groups excluding carboxylic acids is 1. The zero-order chi connectivity index (χ0) is 12.3. The first-order valence-electron chi connectivity index (χ1n) is 6.19. The molecule has 0 atom stereocenters. The number of ether oxygens (including phenoxy) is 1. The molecular formula is C14H19NO2. The molecule has 1 aliphatic carbocycles. The molecular weight excluding hydrogens is 214 g/mol. The molecule has 3 nitrogen and oxygen atoms in total. The highest BCUT2D eigenvalue weighted by Crippen LogP contribution is 2.33. The molecule has 0 bridgehead atoms. The maximum absolute atomic E-state index is 11.9. The van der Waals surface area contributed by atoms with E-state index in [2.05, 4.69) is 0 Å². The van der Waals surface area contributed by atoms with E-state index in [0.29, 0.717) is 24.1 Å². The lowest BCUT2D eigenvalue weighted by Crippen LogP contribution is -2.32. The summed E-state index contributed by atoms with van der Waals surface area (Å²) in [5.74, 6) is 0.710. The zero-order valence-corrected chi connectivity index (χ0v) is 10.2. The molecule has 92 valence electrons. The molecule has 1 aromatic rings. The molecule has 1 saturated carbocycles. The molecule has 0 aliphatic heterocycles. The Morgan fingerprint density at radius 3 is 2.59 bits per heavy atom. The summed E-state index contributed by atoms with van der Waals surface area (Å²) in [7, 11) is 0. The lowest BCUT2D eigenvalue weighted by Gasteiger charge is -2.34. The van der Waals surface area contributed by atoms with E-state index < -0.39 is 0 Å². The van der Waals surface area contributed by atoms with Gasteiger partial charge in [-0.05, 0) is 49.9 Å². The molecule has 0 unspecified atom stereocenters. The predicted molar refractivity (Wildman–Crippen MR) is 67.9 cm³/mol. The molecule has 3 heteroatoms. The monoisotopic (exact) mass is 233 g/mol. The Labute approximate surface area is 102 Å². The fourth-order valence-electron chi connectivity index (χ4n) is 2.26. The van der Waals surface area contributed by atoms with Gasteiger partial charge in [0.05, 0.1) is 6.10 Å². The summed E-state index contributed by atoms with van der Waals surface area (Å²) in [4.78, 5) is 11.9. The Balaban J connectivity index is 1.81. The van der Waals surface area contributed by atoms with Crippen LogP contribution in [0.25, 0.3) is 0 Å². The average Bonchev–Trinajstić information content (AvgIpc) is 2.27. The van der Waals surface area contributed by atoms with Crippen LogP contribution < -0.4 is 5.73 Å². The largest absolute Gasteiger partial charge is 0.399 e. The van der Waals surface area contributed by atoms with Crippen LogP contribution in [0.1, 0.15) is 36.5 Å². The summed E-state index contributed by atoms with van der Waals surface area (Å²) in [5, 5.41) is 0. The van der Waals surface area contributed by atoms with Crippen LogP contribution in [-0.4, -0.2) is 18.5 Å². The molecule has 17 heavy (non-hydrogen) atoms. The third-order valence-corrected chi connectivity index (χ3v) is 3.30. The second-order valence-corrected chi connectivity index (χ2v) is 4.66. The van der Waals surface area contributed by atoms with Crippen molar-refractivity contribution in [2.24, 2.45) is 5.92 Å². The van der Waals surface area contributed by atoms with Crippen LogP contribution in [0.5, 0.6) is 0 Å². The van der Waals surface area contributed by atoms with E-state index in [0.717, 1.165) is 25.0 Å². The normalized spacial score (nSPS) is 23.1. The molecule has 1 aliphatic rings. The minimum absolute atomic E-state index is 0.213. The number of hydrogen-bond donors (Lipinski definition) is 1. The van der Waals surface area contributed by atoms with Crippen LogP contribution in [-0.2, 0) is 4.74 Å². The average molecular weight is 233 g/mol. The molecule has 2 rings (SSSR count). The fourth-order valence-corrected chi connectivity index (χ4v) is 2.26. The number of anilines is 1. The van der Waals surface area contributed by atoms with E-state index in [1.54, 1.807) is 24.3 Å². The summed E-state index contributed by atoms with van der Waals surface area (Å²) in [6.07, 6.45) is 3.06. The summed E-state index contributed by atoms with van der Waals surface area (Å²) >= 11 is 0. The van der Waals surface area contributed by atoms with Gasteiger partial charge in [-0.25, -0.2) is 0 Å². The number of benzene rings is 1. The van der Waals surface area contributed by atoms with Gasteiger partial charge in [0.25, 0.3) is 0 Å². The first kappa shape index (κ1) is 12.1. The molecule has 0 spiro atoms. The highest BCUT2D eigenvalue weighted by Gasteiger charge is 2.31. The van der Waals surface area contributed by atoms with Crippen molar-refractivity contribution in [1.82, 2.24) is 0 Å². The number of carbonyl (C=O) groups is 1. The number of hydrogen-bond acceptors (Lipinski definition) is 3. The minimum Gasteiger partial charge on any atom is -0.399 e. The number of nitrogen functional groups attached to an aromatic ring is 1. The van der Waals surface area contributed by atoms with E-state index in [9.17, 15) is 4.79 Å². The second-order valence-electron chi connectivity index (χ2n) is 4.66. The van der Waals surface area contributed by atoms with E-state index in [4.69, 9.17) is 10.5 Å². The summed E-state index contributed by atoms with van der Waals surface area (Å²) in [6.45, 7) is 2.77. The van der Waals surface area contributed by atoms with Crippen molar-refractivity contribution in [3.8, 4) is 0 Å². The Kier molecular flexibility index (Phi) is 3.79. The maximum Gasteiger partial charge on any atom is 0.163 e. The first-order chi connectivity index (χ1) is 8.19. The van der Waals surface area contributed by atoms with E-state index in [1.807, 2.05) is 6.92 Å². The van der Waals surface area contributed by atoms with Crippen LogP contribution in [0.15, 0.2) is 24.3 Å². The molecule has 0 amide bonds. The van der Waals surface area contributed by atoms with Crippen LogP contribution >= 0.6 is 0 Å². The quantitative estimate of drug-likeness (QED) is 0.628. The molecule has 0 radical (unpaired) electrons. The lowest BCUT2D eigenvalue weighted by molar-refractivity contribution is -0.0246. The van der Waals surface area contributed by atoms with Gasteiger partial charge in [-0.1, -0.05) is 0 Å². The van der Waals surface area contributed by atoms with Gasteiger partial charge in [0.1, 0.15) is 0 Å². The van der Waals surface area contributed by atoms with Crippen molar-refractivity contribution in [1.29, 1.82) is 0 Å². The van der Waals surface area contributed by atoms with Gasteiger partial charge in [-0.3, -0.25) is 4.79 Å². The molecule has 2 N–H and O–H groups in total. The first-order valence-corrected chi connectivity index (χ1v) is 6.19. The minimum atomic E-state index is 0.213. The van der Waals surface area contributed by atoms with Gasteiger partial charge < -0.3 is 10.5 Å². The highest BCUT2D eigenvalue weighted by molar-refractivity contribution is 5.96.